The smallest absolute Gasteiger partial charge is 0.212 e. The molecule has 0 saturated heterocycles. The third-order valence-corrected chi connectivity index (χ3v) is 3.14. The molecule has 4 heteroatoms. The summed E-state index contributed by atoms with van der Waals surface area (Å²) in [5.41, 5.74) is 2.60. The lowest BCUT2D eigenvalue weighted by Crippen LogP contribution is -2.23. The maximum Gasteiger partial charge on any atom is 0.212 e. The number of rotatable bonds is 0. The van der Waals surface area contributed by atoms with Gasteiger partial charge in [-0.25, -0.2) is 0 Å². The Hall–Kier alpha value is -2.23. The molecule has 1 heterocycles. The second kappa shape index (κ2) is 3.13. The Morgan fingerprint density at radius 3 is 2.65 bits per heavy atom. The van der Waals surface area contributed by atoms with Gasteiger partial charge in [0.1, 0.15) is 5.69 Å². The number of carbonyl (C=O) groups excluding carboxylic acids is 2. The molecule has 0 aliphatic heterocycles. The Labute approximate surface area is 97.9 Å². The highest BCUT2D eigenvalue weighted by molar-refractivity contribution is 6.28. The van der Waals surface area contributed by atoms with Gasteiger partial charge in [0.15, 0.2) is 5.78 Å². The van der Waals surface area contributed by atoms with Gasteiger partial charge in [-0.1, -0.05) is 18.2 Å². The second-order valence-corrected chi connectivity index (χ2v) is 4.19. The number of hydrogen-bond acceptors (Lipinski definition) is 3. The van der Waals surface area contributed by atoms with Gasteiger partial charge in [-0.05, 0) is 12.5 Å². The minimum Gasteiger partial charge on any atom is -0.288 e. The molecule has 1 aliphatic carbocycles. The van der Waals surface area contributed by atoms with E-state index in [2.05, 4.69) is 5.10 Å². The molecule has 0 amide bonds. The number of aryl methyl sites for hydroxylation is 2. The van der Waals surface area contributed by atoms with E-state index in [1.807, 2.05) is 13.0 Å². The molecule has 0 radical (unpaired) electrons. The number of carbonyl (C=O) groups is 2. The molecule has 0 saturated carbocycles. The van der Waals surface area contributed by atoms with Gasteiger partial charge >= 0.3 is 0 Å². The van der Waals surface area contributed by atoms with E-state index < -0.39 is 0 Å². The molecule has 0 fully saturated rings. The lowest BCUT2D eigenvalue weighted by atomic mass is 9.85. The van der Waals surface area contributed by atoms with Gasteiger partial charge in [0, 0.05) is 18.2 Å². The van der Waals surface area contributed by atoms with E-state index >= 15 is 0 Å². The molecule has 84 valence electrons. The van der Waals surface area contributed by atoms with Crippen LogP contribution in [0.1, 0.15) is 37.5 Å². The number of fused-ring (bicyclic) bond motifs is 2. The lowest BCUT2D eigenvalue weighted by Gasteiger charge is -2.16. The number of benzene rings is 1. The largest absolute Gasteiger partial charge is 0.288 e. The molecule has 0 bridgehead atoms. The first-order valence-electron chi connectivity index (χ1n) is 5.32. The number of hydrogen-bond donors (Lipinski definition) is 0. The van der Waals surface area contributed by atoms with Crippen LogP contribution in [0.25, 0.3) is 0 Å². The molecule has 2 aromatic rings. The zero-order valence-corrected chi connectivity index (χ0v) is 9.52. The Balaban J connectivity index is 2.39. The molecule has 1 aromatic carbocycles. The fraction of sp³-hybridized carbons (Fsp3) is 0.154. The molecule has 1 aliphatic rings. The van der Waals surface area contributed by atoms with Gasteiger partial charge in [-0.2, -0.15) is 5.10 Å². The van der Waals surface area contributed by atoms with Crippen LogP contribution in [0, 0.1) is 6.92 Å². The zero-order valence-electron chi connectivity index (χ0n) is 9.52. The summed E-state index contributed by atoms with van der Waals surface area (Å²) in [6.45, 7) is 1.84. The summed E-state index contributed by atoms with van der Waals surface area (Å²) in [6, 6.07) is 5.32. The summed E-state index contributed by atoms with van der Waals surface area (Å²) in [4.78, 5) is 24.6. The quantitative estimate of drug-likeness (QED) is 0.583. The van der Waals surface area contributed by atoms with Gasteiger partial charge in [0.25, 0.3) is 0 Å². The van der Waals surface area contributed by atoms with E-state index in [-0.39, 0.29) is 11.6 Å². The van der Waals surface area contributed by atoms with Crippen molar-refractivity contribution in [2.24, 2.45) is 7.05 Å². The van der Waals surface area contributed by atoms with Crippen LogP contribution in [0.3, 0.4) is 0 Å². The third kappa shape index (κ3) is 1.15. The standard InChI is InChI=1S/C13H10N2O2/c1-7-4-3-5-8-10(7)12(16)9-6-14-15(2)11(9)13(8)17/h3-6H,1-2H3. The average Bonchev–Trinajstić information content (AvgIpc) is 2.68. The molecule has 1 aromatic heterocycles. The SMILES string of the molecule is Cc1cccc2c1C(=O)c1cnn(C)c1C2=O. The normalized spacial score (nSPS) is 13.5. The predicted molar refractivity (Wildman–Crippen MR) is 61.3 cm³/mol. The van der Waals surface area contributed by atoms with Gasteiger partial charge in [-0.3, -0.25) is 14.3 Å². The van der Waals surface area contributed by atoms with Gasteiger partial charge in [-0.15, -0.1) is 0 Å². The van der Waals surface area contributed by atoms with Gasteiger partial charge < -0.3 is 0 Å². The van der Waals surface area contributed by atoms with E-state index in [1.165, 1.54) is 10.9 Å². The van der Waals surface area contributed by atoms with Crippen molar-refractivity contribution in [1.29, 1.82) is 0 Å². The first-order chi connectivity index (χ1) is 8.11. The van der Waals surface area contributed by atoms with E-state index in [0.29, 0.717) is 22.4 Å². The summed E-state index contributed by atoms with van der Waals surface area (Å²) in [5, 5.41) is 3.99. The maximum absolute atomic E-state index is 12.3. The van der Waals surface area contributed by atoms with E-state index in [1.54, 1.807) is 19.2 Å². The van der Waals surface area contributed by atoms with Crippen LogP contribution in [0.5, 0.6) is 0 Å². The fourth-order valence-corrected chi connectivity index (χ4v) is 2.29. The van der Waals surface area contributed by atoms with E-state index in [4.69, 9.17) is 0 Å². The summed E-state index contributed by atoms with van der Waals surface area (Å²) >= 11 is 0. The van der Waals surface area contributed by atoms with Crippen molar-refractivity contribution in [3.63, 3.8) is 0 Å². The Kier molecular flexibility index (Phi) is 1.84. The highest BCUT2D eigenvalue weighted by Gasteiger charge is 2.33. The molecular weight excluding hydrogens is 216 g/mol. The summed E-state index contributed by atoms with van der Waals surface area (Å²) in [6.07, 6.45) is 1.46. The minimum atomic E-state index is -0.127. The summed E-state index contributed by atoms with van der Waals surface area (Å²) in [5.74, 6) is -0.237. The molecule has 4 nitrogen and oxygen atoms in total. The topological polar surface area (TPSA) is 52.0 Å². The lowest BCUT2D eigenvalue weighted by molar-refractivity contribution is 0.0973. The summed E-state index contributed by atoms with van der Waals surface area (Å²) < 4.78 is 1.46. The second-order valence-electron chi connectivity index (χ2n) is 4.19. The van der Waals surface area contributed by atoms with Crippen molar-refractivity contribution in [2.75, 3.05) is 0 Å². The molecule has 17 heavy (non-hydrogen) atoms. The molecule has 0 unspecified atom stereocenters. The zero-order chi connectivity index (χ0) is 12.2. The number of aromatic nitrogens is 2. The van der Waals surface area contributed by atoms with Crippen LogP contribution in [0.2, 0.25) is 0 Å². The Morgan fingerprint density at radius 1 is 1.12 bits per heavy atom. The van der Waals surface area contributed by atoms with Crippen LogP contribution in [-0.2, 0) is 7.05 Å². The first-order valence-corrected chi connectivity index (χ1v) is 5.32. The number of nitrogens with zero attached hydrogens (tertiary/aromatic N) is 2. The molecular formula is C13H10N2O2. The fourth-order valence-electron chi connectivity index (χ4n) is 2.29. The Morgan fingerprint density at radius 2 is 1.88 bits per heavy atom. The van der Waals surface area contributed by atoms with Crippen LogP contribution in [0.15, 0.2) is 24.4 Å². The van der Waals surface area contributed by atoms with Crippen molar-refractivity contribution in [3.05, 3.63) is 52.3 Å². The molecule has 0 spiro atoms. The van der Waals surface area contributed by atoms with Crippen molar-refractivity contribution in [1.82, 2.24) is 9.78 Å². The van der Waals surface area contributed by atoms with Crippen LogP contribution in [0.4, 0.5) is 0 Å². The van der Waals surface area contributed by atoms with Gasteiger partial charge in [0.2, 0.25) is 5.78 Å². The van der Waals surface area contributed by atoms with Crippen LogP contribution >= 0.6 is 0 Å². The van der Waals surface area contributed by atoms with Crippen molar-refractivity contribution < 1.29 is 9.59 Å². The minimum absolute atomic E-state index is 0.110. The average molecular weight is 226 g/mol. The number of ketones is 2. The first kappa shape index (κ1) is 9.96. The predicted octanol–water partition coefficient (Wildman–Crippen LogP) is 1.50. The molecule has 0 atom stereocenters. The molecule has 0 N–H and O–H groups in total. The molecule has 3 rings (SSSR count). The van der Waals surface area contributed by atoms with Crippen molar-refractivity contribution in [2.45, 2.75) is 6.92 Å². The van der Waals surface area contributed by atoms with E-state index in [0.717, 1.165) is 5.56 Å². The van der Waals surface area contributed by atoms with Gasteiger partial charge in [0.05, 0.1) is 11.8 Å². The monoisotopic (exact) mass is 226 g/mol. The van der Waals surface area contributed by atoms with E-state index in [9.17, 15) is 9.59 Å². The van der Waals surface area contributed by atoms with Crippen molar-refractivity contribution in [3.8, 4) is 0 Å². The Bertz CT molecular complexity index is 666. The highest BCUT2D eigenvalue weighted by Crippen LogP contribution is 2.28. The van der Waals surface area contributed by atoms with Crippen LogP contribution < -0.4 is 0 Å². The highest BCUT2D eigenvalue weighted by atomic mass is 16.1. The van der Waals surface area contributed by atoms with Crippen LogP contribution in [-0.4, -0.2) is 21.3 Å². The van der Waals surface area contributed by atoms with Crippen molar-refractivity contribution >= 4 is 11.6 Å². The third-order valence-electron chi connectivity index (χ3n) is 3.14. The summed E-state index contributed by atoms with van der Waals surface area (Å²) in [7, 11) is 1.67. The maximum atomic E-state index is 12.3.